The van der Waals surface area contributed by atoms with Crippen LogP contribution < -0.4 is 0 Å². The van der Waals surface area contributed by atoms with Crippen LogP contribution in [0.15, 0.2) is 24.3 Å². The SMILES string of the molecule is C=C(C=O)CC=CCCC. The fourth-order valence-corrected chi connectivity index (χ4v) is 0.567. The second-order valence-corrected chi connectivity index (χ2v) is 2.24. The van der Waals surface area contributed by atoms with Gasteiger partial charge in [-0.2, -0.15) is 0 Å². The molecule has 0 fully saturated rings. The van der Waals surface area contributed by atoms with Gasteiger partial charge in [0.2, 0.25) is 0 Å². The molecule has 0 amide bonds. The first-order valence-corrected chi connectivity index (χ1v) is 3.59. The summed E-state index contributed by atoms with van der Waals surface area (Å²) in [5, 5.41) is 0. The zero-order valence-corrected chi connectivity index (χ0v) is 6.47. The lowest BCUT2D eigenvalue weighted by Crippen LogP contribution is -1.77. The molecule has 0 heterocycles. The Morgan fingerprint density at radius 3 is 2.70 bits per heavy atom. The summed E-state index contributed by atoms with van der Waals surface area (Å²) in [6, 6.07) is 0. The molecule has 0 atom stereocenters. The fraction of sp³-hybridized carbons (Fsp3) is 0.444. The maximum Gasteiger partial charge on any atom is 0.145 e. The van der Waals surface area contributed by atoms with Crippen LogP contribution in [0.5, 0.6) is 0 Å². The summed E-state index contributed by atoms with van der Waals surface area (Å²) in [6.45, 7) is 5.68. The van der Waals surface area contributed by atoms with Gasteiger partial charge in [-0.25, -0.2) is 0 Å². The highest BCUT2D eigenvalue weighted by molar-refractivity contribution is 5.72. The molecule has 0 aliphatic heterocycles. The second kappa shape index (κ2) is 6.27. The van der Waals surface area contributed by atoms with Gasteiger partial charge >= 0.3 is 0 Å². The Balaban J connectivity index is 3.33. The van der Waals surface area contributed by atoms with Gasteiger partial charge in [-0.05, 0) is 18.4 Å². The number of unbranched alkanes of at least 4 members (excludes halogenated alkanes) is 1. The monoisotopic (exact) mass is 138 g/mol. The maximum atomic E-state index is 10.0. The average Bonchev–Trinajstić information content (AvgIpc) is 1.98. The van der Waals surface area contributed by atoms with E-state index in [1.807, 2.05) is 6.08 Å². The van der Waals surface area contributed by atoms with E-state index < -0.39 is 0 Å². The number of rotatable bonds is 5. The molecule has 0 aromatic heterocycles. The molecule has 10 heavy (non-hydrogen) atoms. The van der Waals surface area contributed by atoms with Crippen LogP contribution in [-0.2, 0) is 4.79 Å². The molecule has 0 rings (SSSR count). The van der Waals surface area contributed by atoms with Gasteiger partial charge in [0.15, 0.2) is 0 Å². The molecule has 0 saturated carbocycles. The Hall–Kier alpha value is -0.850. The lowest BCUT2D eigenvalue weighted by atomic mass is 10.2. The van der Waals surface area contributed by atoms with Gasteiger partial charge in [-0.1, -0.05) is 32.1 Å². The molecule has 0 aliphatic rings. The van der Waals surface area contributed by atoms with Gasteiger partial charge in [-0.3, -0.25) is 4.79 Å². The first-order valence-electron chi connectivity index (χ1n) is 3.59. The number of hydrogen-bond acceptors (Lipinski definition) is 1. The molecule has 0 aromatic carbocycles. The summed E-state index contributed by atoms with van der Waals surface area (Å²) in [6.07, 6.45) is 7.81. The van der Waals surface area contributed by atoms with E-state index in [9.17, 15) is 4.79 Å². The molecular formula is C9H14O. The van der Waals surface area contributed by atoms with E-state index in [1.54, 1.807) is 0 Å². The zero-order chi connectivity index (χ0) is 7.82. The topological polar surface area (TPSA) is 17.1 Å². The van der Waals surface area contributed by atoms with Gasteiger partial charge in [0.1, 0.15) is 6.29 Å². The van der Waals surface area contributed by atoms with E-state index in [0.29, 0.717) is 12.0 Å². The lowest BCUT2D eigenvalue weighted by molar-refractivity contribution is -0.104. The normalized spacial score (nSPS) is 10.1. The van der Waals surface area contributed by atoms with Gasteiger partial charge in [0.05, 0.1) is 0 Å². The minimum atomic E-state index is 0.646. The van der Waals surface area contributed by atoms with Crippen LogP contribution in [-0.4, -0.2) is 6.29 Å². The number of carbonyl (C=O) groups excluding carboxylic acids is 1. The summed E-state index contributed by atoms with van der Waals surface area (Å²) in [4.78, 5) is 10.0. The predicted molar refractivity (Wildman–Crippen MR) is 43.9 cm³/mol. The van der Waals surface area contributed by atoms with Crippen molar-refractivity contribution in [2.75, 3.05) is 0 Å². The summed E-state index contributed by atoms with van der Waals surface area (Å²) < 4.78 is 0. The van der Waals surface area contributed by atoms with Crippen LogP contribution in [0, 0.1) is 0 Å². The van der Waals surface area contributed by atoms with Crippen LogP contribution in [0.4, 0.5) is 0 Å². The van der Waals surface area contributed by atoms with Crippen molar-refractivity contribution in [3.63, 3.8) is 0 Å². The van der Waals surface area contributed by atoms with Gasteiger partial charge in [0.25, 0.3) is 0 Å². The van der Waals surface area contributed by atoms with Crippen LogP contribution in [0.2, 0.25) is 0 Å². The van der Waals surface area contributed by atoms with E-state index in [2.05, 4.69) is 19.6 Å². The Labute approximate surface area is 62.4 Å². The smallest absolute Gasteiger partial charge is 0.145 e. The summed E-state index contributed by atoms with van der Waals surface area (Å²) >= 11 is 0. The van der Waals surface area contributed by atoms with Crippen molar-refractivity contribution in [1.29, 1.82) is 0 Å². The van der Waals surface area contributed by atoms with Crippen LogP contribution in [0.1, 0.15) is 26.2 Å². The van der Waals surface area contributed by atoms with E-state index in [0.717, 1.165) is 19.1 Å². The fourth-order valence-electron chi connectivity index (χ4n) is 0.567. The zero-order valence-electron chi connectivity index (χ0n) is 6.47. The van der Waals surface area contributed by atoms with Gasteiger partial charge < -0.3 is 0 Å². The van der Waals surface area contributed by atoms with E-state index in [1.165, 1.54) is 0 Å². The first-order chi connectivity index (χ1) is 4.81. The van der Waals surface area contributed by atoms with E-state index >= 15 is 0 Å². The molecule has 56 valence electrons. The molecule has 0 N–H and O–H groups in total. The van der Waals surface area contributed by atoms with E-state index in [4.69, 9.17) is 0 Å². The van der Waals surface area contributed by atoms with Gasteiger partial charge in [0, 0.05) is 0 Å². The molecule has 0 aliphatic carbocycles. The van der Waals surface area contributed by atoms with E-state index in [-0.39, 0.29) is 0 Å². The summed E-state index contributed by atoms with van der Waals surface area (Å²) in [7, 11) is 0. The van der Waals surface area contributed by atoms with Gasteiger partial charge in [-0.15, -0.1) is 0 Å². The quantitative estimate of drug-likeness (QED) is 0.324. The van der Waals surface area contributed by atoms with Crippen LogP contribution in [0.3, 0.4) is 0 Å². The standard InChI is InChI=1S/C9H14O/c1-3-4-5-6-7-9(2)8-10/h5-6,8H,2-4,7H2,1H3. The minimum Gasteiger partial charge on any atom is -0.298 e. The third-order valence-corrected chi connectivity index (χ3v) is 1.17. The van der Waals surface area contributed by atoms with Crippen LogP contribution >= 0.6 is 0 Å². The molecule has 0 aromatic rings. The number of aldehydes is 1. The highest BCUT2D eigenvalue weighted by Gasteiger charge is 1.83. The average molecular weight is 138 g/mol. The van der Waals surface area contributed by atoms with Crippen molar-refractivity contribution in [3.05, 3.63) is 24.3 Å². The Morgan fingerprint density at radius 2 is 2.20 bits per heavy atom. The molecule has 0 unspecified atom stereocenters. The molecule has 0 spiro atoms. The first kappa shape index (κ1) is 9.15. The van der Waals surface area contributed by atoms with Crippen molar-refractivity contribution in [2.24, 2.45) is 0 Å². The van der Waals surface area contributed by atoms with Crippen LogP contribution in [0.25, 0.3) is 0 Å². The number of hydrogen-bond donors (Lipinski definition) is 0. The molecule has 0 radical (unpaired) electrons. The van der Waals surface area contributed by atoms with Crippen molar-refractivity contribution in [1.82, 2.24) is 0 Å². The summed E-state index contributed by atoms with van der Waals surface area (Å²) in [5.41, 5.74) is 0.646. The van der Waals surface area contributed by atoms with Crippen molar-refractivity contribution >= 4 is 6.29 Å². The minimum absolute atomic E-state index is 0.646. The third-order valence-electron chi connectivity index (χ3n) is 1.17. The third kappa shape index (κ3) is 5.29. The van der Waals surface area contributed by atoms with Crippen molar-refractivity contribution in [2.45, 2.75) is 26.2 Å². The highest BCUT2D eigenvalue weighted by atomic mass is 16.1. The Kier molecular flexibility index (Phi) is 5.74. The highest BCUT2D eigenvalue weighted by Crippen LogP contribution is 1.96. The maximum absolute atomic E-state index is 10.0. The molecule has 1 heteroatoms. The molecule has 1 nitrogen and oxygen atoms in total. The largest absolute Gasteiger partial charge is 0.298 e. The Morgan fingerprint density at radius 1 is 1.50 bits per heavy atom. The predicted octanol–water partition coefficient (Wildman–Crippen LogP) is 2.49. The molecular weight excluding hydrogens is 124 g/mol. The lowest BCUT2D eigenvalue weighted by Gasteiger charge is -1.87. The molecule has 0 saturated heterocycles. The Bertz CT molecular complexity index is 134. The number of allylic oxidation sites excluding steroid dienone is 3. The summed E-state index contributed by atoms with van der Waals surface area (Å²) in [5.74, 6) is 0. The van der Waals surface area contributed by atoms with Crippen molar-refractivity contribution < 1.29 is 4.79 Å². The second-order valence-electron chi connectivity index (χ2n) is 2.24. The van der Waals surface area contributed by atoms with Crippen molar-refractivity contribution in [3.8, 4) is 0 Å². The molecule has 0 bridgehead atoms. The number of carbonyl (C=O) groups is 1.